The van der Waals surface area contributed by atoms with E-state index in [9.17, 15) is 0 Å². The first-order chi connectivity index (χ1) is 9.83. The SMILES string of the molecule is Cc1ccoc1CNc1ccc(N2CCCCC2)nc1. The van der Waals surface area contributed by atoms with Gasteiger partial charge in [-0.15, -0.1) is 0 Å². The van der Waals surface area contributed by atoms with Crippen molar-refractivity contribution in [3.63, 3.8) is 0 Å². The number of rotatable bonds is 4. The van der Waals surface area contributed by atoms with E-state index in [0.717, 1.165) is 30.4 Å². The third-order valence-electron chi connectivity index (χ3n) is 3.85. The molecular weight excluding hydrogens is 250 g/mol. The first-order valence-corrected chi connectivity index (χ1v) is 7.31. The highest BCUT2D eigenvalue weighted by atomic mass is 16.3. The molecule has 20 heavy (non-hydrogen) atoms. The lowest BCUT2D eigenvalue weighted by Gasteiger charge is -2.27. The summed E-state index contributed by atoms with van der Waals surface area (Å²) in [6.07, 6.45) is 7.53. The predicted octanol–water partition coefficient (Wildman–Crippen LogP) is 3.59. The van der Waals surface area contributed by atoms with Crippen LogP contribution in [0.25, 0.3) is 0 Å². The van der Waals surface area contributed by atoms with Gasteiger partial charge in [-0.25, -0.2) is 4.98 Å². The summed E-state index contributed by atoms with van der Waals surface area (Å²) in [6, 6.07) is 6.17. The molecule has 0 aromatic carbocycles. The fraction of sp³-hybridized carbons (Fsp3) is 0.438. The minimum atomic E-state index is 0.698. The monoisotopic (exact) mass is 271 g/mol. The van der Waals surface area contributed by atoms with Gasteiger partial charge in [0.25, 0.3) is 0 Å². The third-order valence-corrected chi connectivity index (χ3v) is 3.85. The molecule has 4 heteroatoms. The number of hydrogen-bond acceptors (Lipinski definition) is 4. The number of nitrogens with zero attached hydrogens (tertiary/aromatic N) is 2. The van der Waals surface area contributed by atoms with Crippen molar-refractivity contribution in [3.8, 4) is 0 Å². The summed E-state index contributed by atoms with van der Waals surface area (Å²) in [4.78, 5) is 6.92. The van der Waals surface area contributed by atoms with Gasteiger partial charge >= 0.3 is 0 Å². The van der Waals surface area contributed by atoms with Crippen LogP contribution in [0.5, 0.6) is 0 Å². The van der Waals surface area contributed by atoms with Gasteiger partial charge in [-0.3, -0.25) is 0 Å². The second kappa shape index (κ2) is 5.99. The zero-order chi connectivity index (χ0) is 13.8. The van der Waals surface area contributed by atoms with E-state index in [2.05, 4.69) is 34.3 Å². The van der Waals surface area contributed by atoms with E-state index < -0.39 is 0 Å². The molecule has 1 aliphatic rings. The van der Waals surface area contributed by atoms with E-state index >= 15 is 0 Å². The summed E-state index contributed by atoms with van der Waals surface area (Å²) in [5.41, 5.74) is 2.21. The van der Waals surface area contributed by atoms with Crippen molar-refractivity contribution >= 4 is 11.5 Å². The van der Waals surface area contributed by atoms with Gasteiger partial charge in [0.05, 0.1) is 24.7 Å². The second-order valence-electron chi connectivity index (χ2n) is 5.33. The number of pyridine rings is 1. The quantitative estimate of drug-likeness (QED) is 0.922. The van der Waals surface area contributed by atoms with Gasteiger partial charge in [-0.1, -0.05) is 0 Å². The molecule has 0 aliphatic carbocycles. The molecule has 1 N–H and O–H groups in total. The molecule has 0 unspecified atom stereocenters. The van der Waals surface area contributed by atoms with Gasteiger partial charge < -0.3 is 14.6 Å². The van der Waals surface area contributed by atoms with Crippen molar-refractivity contribution in [1.29, 1.82) is 0 Å². The number of anilines is 2. The maximum absolute atomic E-state index is 5.41. The summed E-state index contributed by atoms with van der Waals surface area (Å²) in [6.45, 7) is 5.01. The molecule has 4 nitrogen and oxygen atoms in total. The highest BCUT2D eigenvalue weighted by molar-refractivity contribution is 5.49. The van der Waals surface area contributed by atoms with Crippen molar-refractivity contribution < 1.29 is 4.42 Å². The van der Waals surface area contributed by atoms with Crippen LogP contribution in [0.4, 0.5) is 11.5 Å². The van der Waals surface area contributed by atoms with Crippen molar-refractivity contribution in [2.24, 2.45) is 0 Å². The van der Waals surface area contributed by atoms with Gasteiger partial charge in [-0.05, 0) is 49.9 Å². The average molecular weight is 271 g/mol. The predicted molar refractivity (Wildman–Crippen MR) is 81.1 cm³/mol. The van der Waals surface area contributed by atoms with Gasteiger partial charge in [-0.2, -0.15) is 0 Å². The summed E-state index contributed by atoms with van der Waals surface area (Å²) in [5, 5.41) is 3.34. The first kappa shape index (κ1) is 13.0. The number of nitrogens with one attached hydrogen (secondary N) is 1. The minimum absolute atomic E-state index is 0.698. The molecule has 0 amide bonds. The van der Waals surface area contributed by atoms with Crippen molar-refractivity contribution in [2.45, 2.75) is 32.7 Å². The van der Waals surface area contributed by atoms with Gasteiger partial charge in [0.2, 0.25) is 0 Å². The van der Waals surface area contributed by atoms with E-state index in [1.54, 1.807) is 6.26 Å². The lowest BCUT2D eigenvalue weighted by Crippen LogP contribution is -2.30. The largest absolute Gasteiger partial charge is 0.467 e. The highest BCUT2D eigenvalue weighted by Crippen LogP contribution is 2.19. The molecule has 3 rings (SSSR count). The normalized spacial score (nSPS) is 15.3. The van der Waals surface area contributed by atoms with E-state index in [1.807, 2.05) is 12.3 Å². The van der Waals surface area contributed by atoms with E-state index in [0.29, 0.717) is 6.54 Å². The van der Waals surface area contributed by atoms with Crippen molar-refractivity contribution in [1.82, 2.24) is 4.98 Å². The van der Waals surface area contributed by atoms with E-state index in [1.165, 1.54) is 24.8 Å². The molecule has 3 heterocycles. The van der Waals surface area contributed by atoms with Gasteiger partial charge in [0.15, 0.2) is 0 Å². The Morgan fingerprint density at radius 3 is 2.70 bits per heavy atom. The maximum Gasteiger partial charge on any atom is 0.128 e. The molecule has 1 saturated heterocycles. The molecule has 0 atom stereocenters. The molecule has 0 spiro atoms. The van der Waals surface area contributed by atoms with Crippen LogP contribution in [-0.2, 0) is 6.54 Å². The zero-order valence-electron chi connectivity index (χ0n) is 11.9. The average Bonchev–Trinajstić information content (AvgIpc) is 2.92. The summed E-state index contributed by atoms with van der Waals surface area (Å²) >= 11 is 0. The summed E-state index contributed by atoms with van der Waals surface area (Å²) in [7, 11) is 0. The smallest absolute Gasteiger partial charge is 0.128 e. The van der Waals surface area contributed by atoms with Gasteiger partial charge in [0.1, 0.15) is 11.6 Å². The Kier molecular flexibility index (Phi) is 3.90. The highest BCUT2D eigenvalue weighted by Gasteiger charge is 2.11. The summed E-state index contributed by atoms with van der Waals surface area (Å²) in [5.74, 6) is 2.06. The fourth-order valence-corrected chi connectivity index (χ4v) is 2.57. The Labute approximate surface area is 119 Å². The van der Waals surface area contributed by atoms with Crippen LogP contribution in [0.3, 0.4) is 0 Å². The Bertz CT molecular complexity index is 541. The first-order valence-electron chi connectivity index (χ1n) is 7.31. The Morgan fingerprint density at radius 1 is 1.20 bits per heavy atom. The second-order valence-corrected chi connectivity index (χ2v) is 5.33. The molecule has 0 radical (unpaired) electrons. The Morgan fingerprint density at radius 2 is 2.05 bits per heavy atom. The number of aromatic nitrogens is 1. The number of hydrogen-bond donors (Lipinski definition) is 1. The maximum atomic E-state index is 5.41. The minimum Gasteiger partial charge on any atom is -0.467 e. The molecule has 106 valence electrons. The Balaban J connectivity index is 1.59. The molecule has 2 aromatic heterocycles. The van der Waals surface area contributed by atoms with E-state index in [4.69, 9.17) is 4.42 Å². The molecule has 0 saturated carbocycles. The van der Waals surface area contributed by atoms with Crippen LogP contribution >= 0.6 is 0 Å². The topological polar surface area (TPSA) is 41.3 Å². The van der Waals surface area contributed by atoms with Crippen LogP contribution in [0.2, 0.25) is 0 Å². The van der Waals surface area contributed by atoms with Crippen LogP contribution in [0.1, 0.15) is 30.6 Å². The molecule has 1 aliphatic heterocycles. The molecule has 1 fully saturated rings. The summed E-state index contributed by atoms with van der Waals surface area (Å²) < 4.78 is 5.41. The lowest BCUT2D eigenvalue weighted by molar-refractivity contribution is 0.515. The van der Waals surface area contributed by atoms with Crippen LogP contribution in [-0.4, -0.2) is 18.1 Å². The van der Waals surface area contributed by atoms with Crippen LogP contribution in [0.15, 0.2) is 35.1 Å². The zero-order valence-corrected chi connectivity index (χ0v) is 11.9. The Hall–Kier alpha value is -1.97. The van der Waals surface area contributed by atoms with Crippen LogP contribution in [0, 0.1) is 6.92 Å². The lowest BCUT2D eigenvalue weighted by atomic mass is 10.1. The molecule has 0 bridgehead atoms. The fourth-order valence-electron chi connectivity index (χ4n) is 2.57. The standard InChI is InChI=1S/C16H21N3O/c1-13-7-10-20-15(13)12-17-14-5-6-16(18-11-14)19-8-3-2-4-9-19/h5-7,10-11,17H,2-4,8-9,12H2,1H3. The van der Waals surface area contributed by atoms with Crippen LogP contribution < -0.4 is 10.2 Å². The number of piperidine rings is 1. The number of furan rings is 1. The molecular formula is C16H21N3O. The molecule has 2 aromatic rings. The third kappa shape index (κ3) is 2.95. The van der Waals surface area contributed by atoms with Gasteiger partial charge in [0, 0.05) is 13.1 Å². The van der Waals surface area contributed by atoms with E-state index in [-0.39, 0.29) is 0 Å². The van der Waals surface area contributed by atoms with Crippen molar-refractivity contribution in [3.05, 3.63) is 42.0 Å². The number of aryl methyl sites for hydroxylation is 1. The van der Waals surface area contributed by atoms with Crippen molar-refractivity contribution in [2.75, 3.05) is 23.3 Å².